The molecular weight excluding hydrogens is 221 g/mol. The number of carbonyl (C=O) groups excluding carboxylic acids is 1. The van der Waals surface area contributed by atoms with Crippen molar-refractivity contribution in [3.8, 4) is 0 Å². The van der Waals surface area contributed by atoms with E-state index in [0.717, 1.165) is 0 Å². The molecule has 5 heteroatoms. The normalized spacial score (nSPS) is 10.5. The van der Waals surface area contributed by atoms with Gasteiger partial charge in [-0.25, -0.2) is 9.37 Å². The van der Waals surface area contributed by atoms with Crippen LogP contribution >= 0.6 is 0 Å². The van der Waals surface area contributed by atoms with Gasteiger partial charge in [0.05, 0.1) is 6.42 Å². The van der Waals surface area contributed by atoms with E-state index in [4.69, 9.17) is 0 Å². The highest BCUT2D eigenvalue weighted by Crippen LogP contribution is 2.12. The highest BCUT2D eigenvalue weighted by atomic mass is 19.1. The van der Waals surface area contributed by atoms with Crippen LogP contribution in [-0.2, 0) is 13.5 Å². The summed E-state index contributed by atoms with van der Waals surface area (Å²) in [6, 6.07) is 4.14. The van der Waals surface area contributed by atoms with E-state index in [0.29, 0.717) is 17.0 Å². The zero-order valence-electron chi connectivity index (χ0n) is 9.64. The Balaban J connectivity index is 2.23. The topological polar surface area (TPSA) is 47.8 Å². The number of halogens is 1. The fourth-order valence-electron chi connectivity index (χ4n) is 1.66. The minimum Gasteiger partial charge on any atom is -0.294 e. The molecule has 17 heavy (non-hydrogen) atoms. The first-order chi connectivity index (χ1) is 8.08. The molecule has 0 saturated carbocycles. The zero-order valence-corrected chi connectivity index (χ0v) is 9.64. The quantitative estimate of drug-likeness (QED) is 0.758. The molecular formula is C12H12FN3O. The van der Waals surface area contributed by atoms with E-state index < -0.39 is 0 Å². The number of ketones is 1. The van der Waals surface area contributed by atoms with Crippen molar-refractivity contribution in [3.63, 3.8) is 0 Å². The standard InChI is InChI=1S/C12H12FN3O/c1-8-5-9(13)3-4-10(8)11(17)6-12-14-7-15-16(12)2/h3-5,7H,6H2,1-2H3. The van der Waals surface area contributed by atoms with Crippen LogP contribution < -0.4 is 0 Å². The van der Waals surface area contributed by atoms with Crippen molar-refractivity contribution in [2.45, 2.75) is 13.3 Å². The van der Waals surface area contributed by atoms with Gasteiger partial charge in [0.2, 0.25) is 0 Å². The minimum atomic E-state index is -0.335. The highest BCUT2D eigenvalue weighted by Gasteiger charge is 2.13. The van der Waals surface area contributed by atoms with Crippen LogP contribution in [-0.4, -0.2) is 20.5 Å². The summed E-state index contributed by atoms with van der Waals surface area (Å²) in [5.74, 6) is 0.176. The maximum absolute atomic E-state index is 12.9. The second kappa shape index (κ2) is 4.45. The first kappa shape index (κ1) is 11.4. The number of Topliss-reactive ketones (excluding diaryl/α,β-unsaturated/α-hetero) is 1. The summed E-state index contributed by atoms with van der Waals surface area (Å²) >= 11 is 0. The molecule has 4 nitrogen and oxygen atoms in total. The van der Waals surface area contributed by atoms with Crippen LogP contribution in [0.25, 0.3) is 0 Å². The fraction of sp³-hybridized carbons (Fsp3) is 0.250. The second-order valence-corrected chi connectivity index (χ2v) is 3.86. The first-order valence-corrected chi connectivity index (χ1v) is 5.20. The van der Waals surface area contributed by atoms with Gasteiger partial charge >= 0.3 is 0 Å². The lowest BCUT2D eigenvalue weighted by Gasteiger charge is -2.04. The summed E-state index contributed by atoms with van der Waals surface area (Å²) < 4.78 is 14.5. The Labute approximate surface area is 98.1 Å². The lowest BCUT2D eigenvalue weighted by Crippen LogP contribution is -2.10. The number of benzene rings is 1. The van der Waals surface area contributed by atoms with Crippen molar-refractivity contribution in [1.82, 2.24) is 14.8 Å². The maximum Gasteiger partial charge on any atom is 0.170 e. The van der Waals surface area contributed by atoms with Crippen molar-refractivity contribution in [2.24, 2.45) is 7.05 Å². The van der Waals surface area contributed by atoms with Gasteiger partial charge in [0.25, 0.3) is 0 Å². The number of carbonyl (C=O) groups is 1. The molecule has 0 amide bonds. The number of hydrogen-bond acceptors (Lipinski definition) is 3. The lowest BCUT2D eigenvalue weighted by molar-refractivity contribution is 0.0989. The van der Waals surface area contributed by atoms with Crippen LogP contribution in [0.2, 0.25) is 0 Å². The van der Waals surface area contributed by atoms with E-state index in [1.54, 1.807) is 18.7 Å². The Kier molecular flexibility index (Phi) is 2.99. The van der Waals surface area contributed by atoms with Gasteiger partial charge in [0, 0.05) is 12.6 Å². The Morgan fingerprint density at radius 1 is 1.47 bits per heavy atom. The third-order valence-electron chi connectivity index (χ3n) is 2.61. The summed E-state index contributed by atoms with van der Waals surface area (Å²) in [6.45, 7) is 1.72. The number of nitrogens with zero attached hydrogens (tertiary/aromatic N) is 3. The summed E-state index contributed by atoms with van der Waals surface area (Å²) in [5, 5.41) is 3.89. The zero-order chi connectivity index (χ0) is 12.4. The van der Waals surface area contributed by atoms with E-state index >= 15 is 0 Å². The molecule has 0 saturated heterocycles. The van der Waals surface area contributed by atoms with Crippen molar-refractivity contribution >= 4 is 5.78 Å². The Bertz CT molecular complexity index is 563. The van der Waals surface area contributed by atoms with Gasteiger partial charge in [-0.1, -0.05) is 0 Å². The van der Waals surface area contributed by atoms with Crippen LogP contribution in [0.3, 0.4) is 0 Å². The van der Waals surface area contributed by atoms with Gasteiger partial charge in [-0.05, 0) is 30.7 Å². The molecule has 2 aromatic rings. The third kappa shape index (κ3) is 2.38. The molecule has 0 aliphatic heterocycles. The minimum absolute atomic E-state index is 0.0846. The number of hydrogen-bond donors (Lipinski definition) is 0. The molecule has 88 valence electrons. The van der Waals surface area contributed by atoms with E-state index in [2.05, 4.69) is 10.1 Å². The average Bonchev–Trinajstić information content (AvgIpc) is 2.64. The van der Waals surface area contributed by atoms with Crippen molar-refractivity contribution in [2.75, 3.05) is 0 Å². The highest BCUT2D eigenvalue weighted by molar-refractivity contribution is 5.98. The van der Waals surface area contributed by atoms with Crippen LogP contribution in [0.5, 0.6) is 0 Å². The van der Waals surface area contributed by atoms with Crippen molar-refractivity contribution < 1.29 is 9.18 Å². The van der Waals surface area contributed by atoms with Gasteiger partial charge < -0.3 is 0 Å². The smallest absolute Gasteiger partial charge is 0.170 e. The van der Waals surface area contributed by atoms with Crippen molar-refractivity contribution in [3.05, 3.63) is 47.3 Å². The molecule has 0 fully saturated rings. The Morgan fingerprint density at radius 2 is 2.24 bits per heavy atom. The molecule has 0 radical (unpaired) electrons. The van der Waals surface area contributed by atoms with Gasteiger partial charge in [-0.15, -0.1) is 0 Å². The molecule has 0 atom stereocenters. The Morgan fingerprint density at radius 3 is 2.82 bits per heavy atom. The van der Waals surface area contributed by atoms with Gasteiger partial charge in [0.15, 0.2) is 5.78 Å². The fourth-order valence-corrected chi connectivity index (χ4v) is 1.66. The molecule has 1 aromatic heterocycles. The molecule has 0 N–H and O–H groups in total. The molecule has 0 unspecified atom stereocenters. The third-order valence-corrected chi connectivity index (χ3v) is 2.61. The van der Waals surface area contributed by atoms with E-state index in [1.165, 1.54) is 24.5 Å². The first-order valence-electron chi connectivity index (χ1n) is 5.20. The number of aromatic nitrogens is 3. The number of rotatable bonds is 3. The summed E-state index contributed by atoms with van der Waals surface area (Å²) in [6.07, 6.45) is 1.57. The van der Waals surface area contributed by atoms with Gasteiger partial charge in [-0.3, -0.25) is 9.48 Å². The molecule has 0 aliphatic carbocycles. The van der Waals surface area contributed by atoms with Crippen LogP contribution in [0.1, 0.15) is 21.7 Å². The average molecular weight is 233 g/mol. The van der Waals surface area contributed by atoms with Gasteiger partial charge in [-0.2, -0.15) is 5.10 Å². The monoisotopic (exact) mass is 233 g/mol. The molecule has 1 heterocycles. The molecule has 0 bridgehead atoms. The van der Waals surface area contributed by atoms with Crippen LogP contribution in [0.4, 0.5) is 4.39 Å². The van der Waals surface area contributed by atoms with Crippen molar-refractivity contribution in [1.29, 1.82) is 0 Å². The summed E-state index contributed by atoms with van der Waals surface area (Å²) in [4.78, 5) is 16.0. The van der Waals surface area contributed by atoms with E-state index in [9.17, 15) is 9.18 Å². The Hall–Kier alpha value is -2.04. The molecule has 0 spiro atoms. The SMILES string of the molecule is Cc1cc(F)ccc1C(=O)Cc1ncnn1C. The molecule has 1 aromatic carbocycles. The predicted octanol–water partition coefficient (Wildman–Crippen LogP) is 1.69. The molecule has 2 rings (SSSR count). The van der Waals surface area contributed by atoms with Gasteiger partial charge in [0.1, 0.15) is 18.0 Å². The van der Waals surface area contributed by atoms with E-state index in [1.807, 2.05) is 0 Å². The van der Waals surface area contributed by atoms with Crippen LogP contribution in [0, 0.1) is 12.7 Å². The predicted molar refractivity (Wildman–Crippen MR) is 60.2 cm³/mol. The summed E-state index contributed by atoms with van der Waals surface area (Å²) in [5.41, 5.74) is 1.16. The largest absolute Gasteiger partial charge is 0.294 e. The molecule has 0 aliphatic rings. The number of aryl methyl sites for hydroxylation is 2. The van der Waals surface area contributed by atoms with E-state index in [-0.39, 0.29) is 18.0 Å². The summed E-state index contributed by atoms with van der Waals surface area (Å²) in [7, 11) is 1.73. The maximum atomic E-state index is 12.9. The lowest BCUT2D eigenvalue weighted by atomic mass is 10.0. The second-order valence-electron chi connectivity index (χ2n) is 3.86. The van der Waals surface area contributed by atoms with Crippen LogP contribution in [0.15, 0.2) is 24.5 Å².